The van der Waals surface area contributed by atoms with Crippen molar-refractivity contribution in [1.82, 2.24) is 0 Å². The summed E-state index contributed by atoms with van der Waals surface area (Å²) < 4.78 is 0.770. The van der Waals surface area contributed by atoms with Crippen molar-refractivity contribution in [2.45, 2.75) is 11.8 Å². The molecular formula is C9H7BrINO3. The Hall–Kier alpha value is -0.500. The number of nitrogens with zero attached hydrogens (tertiary/aromatic N) is 1. The molecule has 0 aliphatic heterocycles. The second-order valence-electron chi connectivity index (χ2n) is 2.93. The number of hydrogen-bond acceptors (Lipinski definition) is 3. The van der Waals surface area contributed by atoms with Gasteiger partial charge in [-0.25, -0.2) is 0 Å². The monoisotopic (exact) mass is 383 g/mol. The quantitative estimate of drug-likeness (QED) is 0.348. The van der Waals surface area contributed by atoms with Crippen LogP contribution in [-0.2, 0) is 4.79 Å². The van der Waals surface area contributed by atoms with Gasteiger partial charge >= 0.3 is 0 Å². The number of nitro benzene ring substituents is 1. The van der Waals surface area contributed by atoms with Gasteiger partial charge in [-0.3, -0.25) is 14.9 Å². The molecule has 6 heteroatoms. The van der Waals surface area contributed by atoms with E-state index in [4.69, 9.17) is 0 Å². The highest BCUT2D eigenvalue weighted by Crippen LogP contribution is 2.32. The topological polar surface area (TPSA) is 60.2 Å². The van der Waals surface area contributed by atoms with E-state index >= 15 is 0 Å². The molecule has 0 radical (unpaired) electrons. The van der Waals surface area contributed by atoms with Gasteiger partial charge in [-0.2, -0.15) is 0 Å². The summed E-state index contributed by atoms with van der Waals surface area (Å²) in [5.41, 5.74) is 0.367. The lowest BCUT2D eigenvalue weighted by atomic mass is 10.1. The summed E-state index contributed by atoms with van der Waals surface area (Å²) in [4.78, 5) is 20.8. The molecule has 0 saturated carbocycles. The van der Waals surface area contributed by atoms with Gasteiger partial charge in [0, 0.05) is 9.64 Å². The Bertz CT molecular complexity index is 422. The van der Waals surface area contributed by atoms with Gasteiger partial charge < -0.3 is 0 Å². The van der Waals surface area contributed by atoms with Crippen LogP contribution < -0.4 is 0 Å². The van der Waals surface area contributed by atoms with Crippen molar-refractivity contribution in [2.24, 2.45) is 0 Å². The lowest BCUT2D eigenvalue weighted by molar-refractivity contribution is -0.385. The lowest BCUT2D eigenvalue weighted by Crippen LogP contribution is -2.05. The zero-order valence-corrected chi connectivity index (χ0v) is 11.5. The van der Waals surface area contributed by atoms with E-state index in [0.29, 0.717) is 5.56 Å². The number of alkyl halides is 1. The molecular weight excluding hydrogens is 377 g/mol. The summed E-state index contributed by atoms with van der Waals surface area (Å²) in [7, 11) is 0. The Balaban J connectivity index is 3.28. The van der Waals surface area contributed by atoms with Crippen molar-refractivity contribution in [3.63, 3.8) is 0 Å². The van der Waals surface area contributed by atoms with Crippen LogP contribution in [0.3, 0.4) is 0 Å². The molecule has 80 valence electrons. The molecule has 1 aromatic carbocycles. The molecule has 0 bridgehead atoms. The summed E-state index contributed by atoms with van der Waals surface area (Å²) >= 11 is 5.13. The number of benzene rings is 1. The van der Waals surface area contributed by atoms with E-state index in [9.17, 15) is 14.9 Å². The summed E-state index contributed by atoms with van der Waals surface area (Å²) in [5, 5.41) is 10.8. The van der Waals surface area contributed by atoms with Gasteiger partial charge in [0.1, 0.15) is 10.6 Å². The SMILES string of the molecule is CC(=O)C(Br)c1ccc(I)cc1[N+](=O)[O-]. The fourth-order valence-corrected chi connectivity index (χ4v) is 1.97. The number of halogens is 2. The van der Waals surface area contributed by atoms with Gasteiger partial charge in [0.2, 0.25) is 0 Å². The van der Waals surface area contributed by atoms with E-state index in [-0.39, 0.29) is 11.5 Å². The number of Topliss-reactive ketones (excluding diaryl/α,β-unsaturated/α-hetero) is 1. The maximum absolute atomic E-state index is 11.1. The van der Waals surface area contributed by atoms with E-state index in [0.717, 1.165) is 3.57 Å². The maximum atomic E-state index is 11.1. The second kappa shape index (κ2) is 5.02. The normalized spacial score (nSPS) is 12.2. The van der Waals surface area contributed by atoms with Crippen LogP contribution in [0, 0.1) is 13.7 Å². The smallest absolute Gasteiger partial charge is 0.275 e. The Labute approximate surface area is 108 Å². The molecule has 1 atom stereocenters. The minimum absolute atomic E-state index is 0.0287. The summed E-state index contributed by atoms with van der Waals surface area (Å²) in [5.74, 6) is -0.153. The molecule has 1 aromatic rings. The van der Waals surface area contributed by atoms with Crippen molar-refractivity contribution >= 4 is 50.0 Å². The van der Waals surface area contributed by atoms with Gasteiger partial charge in [-0.1, -0.05) is 15.9 Å². The lowest BCUT2D eigenvalue weighted by Gasteiger charge is -2.07. The number of nitro groups is 1. The molecule has 0 heterocycles. The van der Waals surface area contributed by atoms with E-state index in [1.807, 2.05) is 22.6 Å². The highest BCUT2D eigenvalue weighted by molar-refractivity contribution is 14.1. The highest BCUT2D eigenvalue weighted by atomic mass is 127. The van der Waals surface area contributed by atoms with E-state index < -0.39 is 9.75 Å². The molecule has 0 aliphatic rings. The predicted octanol–water partition coefficient (Wildman–Crippen LogP) is 3.22. The van der Waals surface area contributed by atoms with Crippen LogP contribution in [0.2, 0.25) is 0 Å². The third-order valence-corrected chi connectivity index (χ3v) is 3.63. The highest BCUT2D eigenvalue weighted by Gasteiger charge is 2.23. The van der Waals surface area contributed by atoms with Crippen molar-refractivity contribution in [1.29, 1.82) is 0 Å². The number of rotatable bonds is 3. The Morgan fingerprint density at radius 3 is 2.67 bits per heavy atom. The first-order valence-electron chi connectivity index (χ1n) is 4.02. The van der Waals surface area contributed by atoms with Crippen LogP contribution in [0.15, 0.2) is 18.2 Å². The van der Waals surface area contributed by atoms with Crippen LogP contribution in [-0.4, -0.2) is 10.7 Å². The molecule has 1 rings (SSSR count). The maximum Gasteiger partial charge on any atom is 0.275 e. The van der Waals surface area contributed by atoms with Crippen molar-refractivity contribution < 1.29 is 9.72 Å². The number of hydrogen-bond donors (Lipinski definition) is 0. The fraction of sp³-hybridized carbons (Fsp3) is 0.222. The Kier molecular flexibility index (Phi) is 4.21. The van der Waals surface area contributed by atoms with Crippen LogP contribution in [0.1, 0.15) is 17.3 Å². The largest absolute Gasteiger partial charge is 0.298 e. The van der Waals surface area contributed by atoms with E-state index in [1.54, 1.807) is 12.1 Å². The third kappa shape index (κ3) is 2.97. The van der Waals surface area contributed by atoms with Crippen molar-refractivity contribution in [3.8, 4) is 0 Å². The predicted molar refractivity (Wildman–Crippen MR) is 68.2 cm³/mol. The Morgan fingerprint density at radius 1 is 1.60 bits per heavy atom. The average molecular weight is 384 g/mol. The van der Waals surface area contributed by atoms with Crippen LogP contribution >= 0.6 is 38.5 Å². The first kappa shape index (κ1) is 12.6. The van der Waals surface area contributed by atoms with E-state index in [2.05, 4.69) is 15.9 Å². The van der Waals surface area contributed by atoms with Crippen LogP contribution in [0.5, 0.6) is 0 Å². The molecule has 0 aromatic heterocycles. The van der Waals surface area contributed by atoms with Crippen LogP contribution in [0.25, 0.3) is 0 Å². The van der Waals surface area contributed by atoms with Gasteiger partial charge in [0.25, 0.3) is 5.69 Å². The summed E-state index contributed by atoms with van der Waals surface area (Å²) in [6.45, 7) is 1.39. The molecule has 0 spiro atoms. The molecule has 0 fully saturated rings. The zero-order valence-electron chi connectivity index (χ0n) is 7.74. The van der Waals surface area contributed by atoms with Gasteiger partial charge in [0.05, 0.1) is 10.5 Å². The first-order valence-corrected chi connectivity index (χ1v) is 6.01. The minimum atomic E-state index is -0.616. The molecule has 0 amide bonds. The zero-order chi connectivity index (χ0) is 11.6. The average Bonchev–Trinajstić information content (AvgIpc) is 2.16. The number of carbonyl (C=O) groups excluding carboxylic acids is 1. The fourth-order valence-electron chi connectivity index (χ4n) is 1.11. The van der Waals surface area contributed by atoms with Crippen molar-refractivity contribution in [2.75, 3.05) is 0 Å². The summed E-state index contributed by atoms with van der Waals surface area (Å²) in [6.07, 6.45) is 0. The molecule has 4 nitrogen and oxygen atoms in total. The van der Waals surface area contributed by atoms with Crippen molar-refractivity contribution in [3.05, 3.63) is 37.4 Å². The molecule has 15 heavy (non-hydrogen) atoms. The number of ketones is 1. The first-order chi connectivity index (χ1) is 6.93. The summed E-state index contributed by atoms with van der Waals surface area (Å²) in [6, 6.07) is 4.79. The van der Waals surface area contributed by atoms with Crippen LogP contribution in [0.4, 0.5) is 5.69 Å². The second-order valence-corrected chi connectivity index (χ2v) is 5.09. The van der Waals surface area contributed by atoms with E-state index in [1.165, 1.54) is 13.0 Å². The molecule has 0 aliphatic carbocycles. The van der Waals surface area contributed by atoms with Gasteiger partial charge in [-0.15, -0.1) is 0 Å². The minimum Gasteiger partial charge on any atom is -0.298 e. The molecule has 1 unspecified atom stereocenters. The number of carbonyl (C=O) groups is 1. The van der Waals surface area contributed by atoms with Gasteiger partial charge in [-0.05, 0) is 41.6 Å². The standard InChI is InChI=1S/C9H7BrINO3/c1-5(13)9(10)7-3-2-6(11)4-8(7)12(14)15/h2-4,9H,1H3. The third-order valence-electron chi connectivity index (χ3n) is 1.82. The molecule has 0 N–H and O–H groups in total. The molecule has 0 saturated heterocycles. The van der Waals surface area contributed by atoms with Gasteiger partial charge in [0.15, 0.2) is 0 Å². The Morgan fingerprint density at radius 2 is 2.20 bits per heavy atom.